The zero-order valence-electron chi connectivity index (χ0n) is 12.4. The number of nitrogens with zero attached hydrogens (tertiary/aromatic N) is 3. The summed E-state index contributed by atoms with van der Waals surface area (Å²) in [5.74, 6) is -0.152. The van der Waals surface area contributed by atoms with Crippen molar-refractivity contribution >= 4 is 11.8 Å². The molecule has 1 aliphatic rings. The van der Waals surface area contributed by atoms with Crippen LogP contribution < -0.4 is 10.6 Å². The summed E-state index contributed by atoms with van der Waals surface area (Å²) in [6.45, 7) is 5.47. The Kier molecular flexibility index (Phi) is 5.26. The van der Waals surface area contributed by atoms with Crippen LogP contribution in [-0.4, -0.2) is 53.0 Å². The molecular weight excluding hydrogens is 274 g/mol. The minimum atomic E-state index is -0.392. The minimum absolute atomic E-state index is 0.00449. The molecule has 1 aromatic rings. The number of nitrogens with one attached hydrogen (secondary N) is 2. The lowest BCUT2D eigenvalue weighted by molar-refractivity contribution is -0.121. The van der Waals surface area contributed by atoms with Crippen LogP contribution >= 0.6 is 0 Å². The van der Waals surface area contributed by atoms with Crippen LogP contribution in [0.2, 0.25) is 0 Å². The topological polar surface area (TPSA) is 100 Å². The van der Waals surface area contributed by atoms with E-state index in [4.69, 9.17) is 4.52 Å². The number of likely N-dealkylation sites (N-methyl/N-ethyl adjacent to an activating group) is 2. The number of hydrogen-bond acceptors (Lipinski definition) is 6. The molecule has 0 aromatic carbocycles. The molecule has 1 fully saturated rings. The lowest BCUT2D eigenvalue weighted by Crippen LogP contribution is -2.40. The van der Waals surface area contributed by atoms with Gasteiger partial charge in [-0.2, -0.15) is 4.98 Å². The van der Waals surface area contributed by atoms with Crippen LogP contribution in [0.3, 0.4) is 0 Å². The summed E-state index contributed by atoms with van der Waals surface area (Å²) in [4.78, 5) is 29.4. The minimum Gasteiger partial charge on any atom is -0.355 e. The first-order chi connectivity index (χ1) is 10.2. The smallest absolute Gasteiger partial charge is 0.295 e. The number of carbonyl (C=O) groups is 2. The van der Waals surface area contributed by atoms with Gasteiger partial charge in [0, 0.05) is 13.1 Å². The molecule has 1 aliphatic heterocycles. The number of hydrogen-bond donors (Lipinski definition) is 2. The predicted octanol–water partition coefficient (Wildman–Crippen LogP) is 0.0923. The van der Waals surface area contributed by atoms with Crippen LogP contribution in [0.5, 0.6) is 0 Å². The second-order valence-electron chi connectivity index (χ2n) is 4.88. The molecule has 0 spiro atoms. The highest BCUT2D eigenvalue weighted by Gasteiger charge is 2.26. The number of aromatic nitrogens is 2. The first kappa shape index (κ1) is 15.4. The highest BCUT2D eigenvalue weighted by atomic mass is 16.5. The molecular formula is C13H21N5O3. The average Bonchev–Trinajstić information content (AvgIpc) is 3.14. The lowest BCUT2D eigenvalue weighted by atomic mass is 10.2. The zero-order chi connectivity index (χ0) is 15.2. The third-order valence-corrected chi connectivity index (χ3v) is 3.37. The Hall–Kier alpha value is -1.96. The maximum absolute atomic E-state index is 12.3. The van der Waals surface area contributed by atoms with Gasteiger partial charge in [0.1, 0.15) is 0 Å². The van der Waals surface area contributed by atoms with Gasteiger partial charge in [0.25, 0.3) is 11.7 Å². The Morgan fingerprint density at radius 2 is 2.29 bits per heavy atom. The van der Waals surface area contributed by atoms with Gasteiger partial charge in [-0.1, -0.05) is 5.16 Å². The van der Waals surface area contributed by atoms with Gasteiger partial charge in [-0.05, 0) is 33.2 Å². The van der Waals surface area contributed by atoms with Crippen molar-refractivity contribution < 1.29 is 14.1 Å². The molecule has 0 radical (unpaired) electrons. The molecule has 0 aliphatic carbocycles. The molecule has 2 N–H and O–H groups in total. The second kappa shape index (κ2) is 7.16. The predicted molar refractivity (Wildman–Crippen MR) is 74.5 cm³/mol. The van der Waals surface area contributed by atoms with Crippen molar-refractivity contribution in [3.05, 3.63) is 11.7 Å². The summed E-state index contributed by atoms with van der Waals surface area (Å²) in [5, 5.41) is 9.63. The summed E-state index contributed by atoms with van der Waals surface area (Å²) in [7, 11) is 0. The van der Waals surface area contributed by atoms with Crippen molar-refractivity contribution in [3.8, 4) is 0 Å². The van der Waals surface area contributed by atoms with Crippen molar-refractivity contribution in [2.24, 2.45) is 0 Å². The van der Waals surface area contributed by atoms with Crippen LogP contribution in [0.1, 0.15) is 49.2 Å². The van der Waals surface area contributed by atoms with E-state index in [-0.39, 0.29) is 24.3 Å². The number of amides is 2. The fourth-order valence-electron chi connectivity index (χ4n) is 2.25. The van der Waals surface area contributed by atoms with E-state index in [0.29, 0.717) is 19.0 Å². The van der Waals surface area contributed by atoms with Gasteiger partial charge < -0.3 is 20.1 Å². The zero-order valence-corrected chi connectivity index (χ0v) is 12.4. The SMILES string of the molecule is CCNC(=O)CN(CC)C(=O)c1noc(C2CCCN2)n1. The van der Waals surface area contributed by atoms with Gasteiger partial charge >= 0.3 is 0 Å². The van der Waals surface area contributed by atoms with Gasteiger partial charge in [-0.3, -0.25) is 9.59 Å². The Labute approximate surface area is 123 Å². The number of rotatable bonds is 6. The molecule has 1 saturated heterocycles. The van der Waals surface area contributed by atoms with Gasteiger partial charge in [-0.25, -0.2) is 0 Å². The van der Waals surface area contributed by atoms with Gasteiger partial charge in [0.15, 0.2) is 0 Å². The largest absolute Gasteiger partial charge is 0.355 e. The maximum atomic E-state index is 12.3. The van der Waals surface area contributed by atoms with Crippen LogP contribution in [0.15, 0.2) is 4.52 Å². The second-order valence-corrected chi connectivity index (χ2v) is 4.88. The van der Waals surface area contributed by atoms with Crippen LogP contribution in [0.25, 0.3) is 0 Å². The third-order valence-electron chi connectivity index (χ3n) is 3.37. The molecule has 116 valence electrons. The van der Waals surface area contributed by atoms with Crippen LogP contribution in [0.4, 0.5) is 0 Å². The normalized spacial score (nSPS) is 17.7. The van der Waals surface area contributed by atoms with E-state index in [0.717, 1.165) is 19.4 Å². The summed E-state index contributed by atoms with van der Waals surface area (Å²) in [6, 6.07) is 0.0255. The van der Waals surface area contributed by atoms with E-state index in [1.165, 1.54) is 4.90 Å². The molecule has 1 unspecified atom stereocenters. The quantitative estimate of drug-likeness (QED) is 0.771. The molecule has 1 atom stereocenters. The van der Waals surface area contributed by atoms with E-state index in [2.05, 4.69) is 20.8 Å². The van der Waals surface area contributed by atoms with Crippen molar-refractivity contribution in [1.29, 1.82) is 0 Å². The Bertz CT molecular complexity index is 496. The van der Waals surface area contributed by atoms with Crippen molar-refractivity contribution in [3.63, 3.8) is 0 Å². The van der Waals surface area contributed by atoms with Gasteiger partial charge in [0.05, 0.1) is 12.6 Å². The van der Waals surface area contributed by atoms with Crippen LogP contribution in [0, 0.1) is 0 Å². The molecule has 8 heteroatoms. The van der Waals surface area contributed by atoms with E-state index >= 15 is 0 Å². The number of carbonyl (C=O) groups excluding carboxylic acids is 2. The van der Waals surface area contributed by atoms with E-state index in [9.17, 15) is 9.59 Å². The molecule has 8 nitrogen and oxygen atoms in total. The molecule has 21 heavy (non-hydrogen) atoms. The van der Waals surface area contributed by atoms with Gasteiger partial charge in [0.2, 0.25) is 11.8 Å². The van der Waals surface area contributed by atoms with Crippen LogP contribution in [-0.2, 0) is 4.79 Å². The van der Waals surface area contributed by atoms with Crippen molar-refractivity contribution in [2.75, 3.05) is 26.2 Å². The first-order valence-corrected chi connectivity index (χ1v) is 7.28. The van der Waals surface area contributed by atoms with E-state index < -0.39 is 5.91 Å². The van der Waals surface area contributed by atoms with Crippen molar-refractivity contribution in [2.45, 2.75) is 32.7 Å². The molecule has 2 rings (SSSR count). The Balaban J connectivity index is 2.01. The maximum Gasteiger partial charge on any atom is 0.295 e. The first-order valence-electron chi connectivity index (χ1n) is 7.28. The Morgan fingerprint density at radius 3 is 2.90 bits per heavy atom. The molecule has 0 bridgehead atoms. The summed E-state index contributed by atoms with van der Waals surface area (Å²) < 4.78 is 5.15. The summed E-state index contributed by atoms with van der Waals surface area (Å²) in [5.41, 5.74) is 0. The molecule has 1 aromatic heterocycles. The fourth-order valence-corrected chi connectivity index (χ4v) is 2.25. The molecule has 2 heterocycles. The monoisotopic (exact) mass is 295 g/mol. The lowest BCUT2D eigenvalue weighted by Gasteiger charge is -2.18. The summed E-state index contributed by atoms with van der Waals surface area (Å²) in [6.07, 6.45) is 1.97. The third kappa shape index (κ3) is 3.78. The highest BCUT2D eigenvalue weighted by molar-refractivity contribution is 5.93. The van der Waals surface area contributed by atoms with Crippen molar-refractivity contribution in [1.82, 2.24) is 25.7 Å². The molecule has 2 amide bonds. The highest BCUT2D eigenvalue weighted by Crippen LogP contribution is 2.21. The molecule has 0 saturated carbocycles. The van der Waals surface area contributed by atoms with E-state index in [1.54, 1.807) is 6.92 Å². The van der Waals surface area contributed by atoms with Gasteiger partial charge in [-0.15, -0.1) is 0 Å². The average molecular weight is 295 g/mol. The standard InChI is InChI=1S/C13H21N5O3/c1-3-14-10(19)8-18(4-2)13(20)11-16-12(21-17-11)9-6-5-7-15-9/h9,15H,3-8H2,1-2H3,(H,14,19). The Morgan fingerprint density at radius 1 is 1.48 bits per heavy atom. The fraction of sp³-hybridized carbons (Fsp3) is 0.692. The van der Waals surface area contributed by atoms with E-state index in [1.807, 2.05) is 6.92 Å². The summed E-state index contributed by atoms with van der Waals surface area (Å²) >= 11 is 0.